The van der Waals surface area contributed by atoms with E-state index in [1.807, 2.05) is 30.5 Å². The van der Waals surface area contributed by atoms with Gasteiger partial charge in [0.1, 0.15) is 11.5 Å². The standard InChI is InChI=1S/C20H15FN4/c21-13-7-8-17(23-12-13)20-19(18-6-3-11-25(18)24-20)15-9-10-22-16-5-2-1-4-14(15)16/h1-2,4-5,7-10,12H,3,6,11H2. The molecule has 0 N–H and O–H groups in total. The first-order valence-electron chi connectivity index (χ1n) is 8.37. The second-order valence-electron chi connectivity index (χ2n) is 6.23. The quantitative estimate of drug-likeness (QED) is 0.552. The molecular weight excluding hydrogens is 315 g/mol. The molecule has 4 heterocycles. The zero-order valence-corrected chi connectivity index (χ0v) is 13.5. The summed E-state index contributed by atoms with van der Waals surface area (Å²) in [5.74, 6) is -0.341. The van der Waals surface area contributed by atoms with Crippen LogP contribution in [0.2, 0.25) is 0 Å². The number of benzene rings is 1. The highest BCUT2D eigenvalue weighted by molar-refractivity contribution is 5.98. The van der Waals surface area contributed by atoms with Crippen LogP contribution < -0.4 is 0 Å². The monoisotopic (exact) mass is 330 g/mol. The maximum Gasteiger partial charge on any atom is 0.141 e. The van der Waals surface area contributed by atoms with E-state index in [-0.39, 0.29) is 5.82 Å². The molecule has 0 radical (unpaired) electrons. The maximum atomic E-state index is 13.3. The summed E-state index contributed by atoms with van der Waals surface area (Å²) in [6.07, 6.45) is 5.16. The molecule has 1 aliphatic heterocycles. The van der Waals surface area contributed by atoms with Gasteiger partial charge >= 0.3 is 0 Å². The molecule has 0 aliphatic carbocycles. The predicted molar refractivity (Wildman–Crippen MR) is 94.5 cm³/mol. The Morgan fingerprint density at radius 3 is 2.80 bits per heavy atom. The highest BCUT2D eigenvalue weighted by atomic mass is 19.1. The second-order valence-corrected chi connectivity index (χ2v) is 6.23. The van der Waals surface area contributed by atoms with Crippen LogP contribution in [0.5, 0.6) is 0 Å². The zero-order valence-electron chi connectivity index (χ0n) is 13.5. The highest BCUT2D eigenvalue weighted by Gasteiger charge is 2.25. The second kappa shape index (κ2) is 5.48. The van der Waals surface area contributed by atoms with Crippen molar-refractivity contribution in [2.24, 2.45) is 0 Å². The molecule has 1 aromatic carbocycles. The fraction of sp³-hybridized carbons (Fsp3) is 0.150. The van der Waals surface area contributed by atoms with Crippen molar-refractivity contribution >= 4 is 10.9 Å². The highest BCUT2D eigenvalue weighted by Crippen LogP contribution is 2.39. The molecule has 25 heavy (non-hydrogen) atoms. The van der Waals surface area contributed by atoms with E-state index in [0.717, 1.165) is 47.1 Å². The van der Waals surface area contributed by atoms with Gasteiger partial charge in [-0.05, 0) is 42.7 Å². The van der Waals surface area contributed by atoms with Gasteiger partial charge in [-0.3, -0.25) is 14.6 Å². The third-order valence-corrected chi connectivity index (χ3v) is 4.73. The normalized spacial score (nSPS) is 13.3. The Bertz CT molecular complexity index is 1080. The molecule has 1 aliphatic rings. The van der Waals surface area contributed by atoms with Crippen LogP contribution in [-0.2, 0) is 13.0 Å². The molecule has 0 saturated carbocycles. The average Bonchev–Trinajstić information content (AvgIpc) is 3.23. The van der Waals surface area contributed by atoms with Gasteiger partial charge < -0.3 is 0 Å². The van der Waals surface area contributed by atoms with E-state index < -0.39 is 0 Å². The van der Waals surface area contributed by atoms with Crippen LogP contribution in [0.3, 0.4) is 0 Å². The molecule has 122 valence electrons. The SMILES string of the molecule is Fc1ccc(-c2nn3c(c2-c2ccnc4ccccc24)CCC3)nc1. The molecule has 0 spiro atoms. The molecule has 4 nitrogen and oxygen atoms in total. The van der Waals surface area contributed by atoms with Crippen molar-refractivity contribution < 1.29 is 4.39 Å². The number of para-hydroxylation sites is 1. The molecule has 0 unspecified atom stereocenters. The molecule has 5 heteroatoms. The molecule has 0 saturated heterocycles. The molecule has 0 amide bonds. The summed E-state index contributed by atoms with van der Waals surface area (Å²) in [4.78, 5) is 8.73. The minimum absolute atomic E-state index is 0.341. The van der Waals surface area contributed by atoms with Crippen LogP contribution in [0, 0.1) is 5.82 Å². The summed E-state index contributed by atoms with van der Waals surface area (Å²) in [6.45, 7) is 0.909. The molecule has 0 atom stereocenters. The maximum absolute atomic E-state index is 13.3. The summed E-state index contributed by atoms with van der Waals surface area (Å²) in [6, 6.07) is 13.3. The molecule has 5 rings (SSSR count). The van der Waals surface area contributed by atoms with Crippen LogP contribution in [0.15, 0.2) is 54.9 Å². The lowest BCUT2D eigenvalue weighted by atomic mass is 9.97. The van der Waals surface area contributed by atoms with Crippen molar-refractivity contribution in [2.75, 3.05) is 0 Å². The van der Waals surface area contributed by atoms with Crippen LogP contribution >= 0.6 is 0 Å². The fourth-order valence-corrected chi connectivity index (χ4v) is 3.62. The minimum Gasteiger partial charge on any atom is -0.268 e. The van der Waals surface area contributed by atoms with Gasteiger partial charge in [0, 0.05) is 29.4 Å². The van der Waals surface area contributed by atoms with E-state index in [1.54, 1.807) is 6.07 Å². The number of aromatic nitrogens is 4. The van der Waals surface area contributed by atoms with Gasteiger partial charge in [0.05, 0.1) is 17.4 Å². The van der Waals surface area contributed by atoms with E-state index in [9.17, 15) is 4.39 Å². The Morgan fingerprint density at radius 1 is 1.00 bits per heavy atom. The van der Waals surface area contributed by atoms with Gasteiger partial charge in [0.25, 0.3) is 0 Å². The van der Waals surface area contributed by atoms with Gasteiger partial charge in [-0.1, -0.05) is 18.2 Å². The average molecular weight is 330 g/mol. The Morgan fingerprint density at radius 2 is 1.92 bits per heavy atom. The summed E-state index contributed by atoms with van der Waals surface area (Å²) in [5, 5.41) is 5.88. The van der Waals surface area contributed by atoms with Gasteiger partial charge in [-0.25, -0.2) is 4.39 Å². The Hall–Kier alpha value is -3.08. The Kier molecular flexibility index (Phi) is 3.13. The number of aryl methyl sites for hydroxylation is 1. The summed E-state index contributed by atoms with van der Waals surface area (Å²) >= 11 is 0. The molecule has 0 fully saturated rings. The Labute approximate surface area is 144 Å². The number of fused-ring (bicyclic) bond motifs is 2. The Balaban J connectivity index is 1.82. The lowest BCUT2D eigenvalue weighted by Gasteiger charge is -2.08. The van der Waals surface area contributed by atoms with Crippen LogP contribution in [0.25, 0.3) is 33.4 Å². The lowest BCUT2D eigenvalue weighted by molar-refractivity contribution is 0.621. The first kappa shape index (κ1) is 14.3. The van der Waals surface area contributed by atoms with Crippen molar-refractivity contribution in [3.8, 4) is 22.5 Å². The number of halogens is 1. The number of rotatable bonds is 2. The predicted octanol–water partition coefficient (Wildman–Crippen LogP) is 4.25. The lowest BCUT2D eigenvalue weighted by Crippen LogP contribution is -1.94. The number of pyridine rings is 2. The zero-order chi connectivity index (χ0) is 16.8. The smallest absolute Gasteiger partial charge is 0.141 e. The largest absolute Gasteiger partial charge is 0.268 e. The van der Waals surface area contributed by atoms with Crippen molar-refractivity contribution in [1.29, 1.82) is 0 Å². The van der Waals surface area contributed by atoms with Gasteiger partial charge in [-0.15, -0.1) is 0 Å². The van der Waals surface area contributed by atoms with Crippen LogP contribution in [0.1, 0.15) is 12.1 Å². The molecule has 4 aromatic rings. The third-order valence-electron chi connectivity index (χ3n) is 4.73. The van der Waals surface area contributed by atoms with Gasteiger partial charge in [0.2, 0.25) is 0 Å². The van der Waals surface area contributed by atoms with E-state index in [4.69, 9.17) is 5.10 Å². The minimum atomic E-state index is -0.341. The molecule has 0 bridgehead atoms. The number of hydrogen-bond donors (Lipinski definition) is 0. The summed E-state index contributed by atoms with van der Waals surface area (Å²) < 4.78 is 15.4. The van der Waals surface area contributed by atoms with Gasteiger partial charge in [0.15, 0.2) is 0 Å². The summed E-state index contributed by atoms with van der Waals surface area (Å²) in [7, 11) is 0. The first-order valence-corrected chi connectivity index (χ1v) is 8.37. The molecular formula is C20H15FN4. The van der Waals surface area contributed by atoms with Crippen molar-refractivity contribution in [3.05, 3.63) is 66.4 Å². The van der Waals surface area contributed by atoms with Crippen LogP contribution in [-0.4, -0.2) is 19.7 Å². The van der Waals surface area contributed by atoms with Crippen molar-refractivity contribution in [2.45, 2.75) is 19.4 Å². The van der Waals surface area contributed by atoms with E-state index in [1.165, 1.54) is 18.0 Å². The fourth-order valence-electron chi connectivity index (χ4n) is 3.62. The van der Waals surface area contributed by atoms with Crippen molar-refractivity contribution in [3.63, 3.8) is 0 Å². The van der Waals surface area contributed by atoms with E-state index in [0.29, 0.717) is 5.69 Å². The number of nitrogens with zero attached hydrogens (tertiary/aromatic N) is 4. The molecule has 3 aromatic heterocycles. The van der Waals surface area contributed by atoms with Gasteiger partial charge in [-0.2, -0.15) is 5.10 Å². The first-order chi connectivity index (χ1) is 12.3. The number of hydrogen-bond acceptors (Lipinski definition) is 3. The topological polar surface area (TPSA) is 43.6 Å². The van der Waals surface area contributed by atoms with E-state index in [2.05, 4.69) is 20.7 Å². The van der Waals surface area contributed by atoms with Crippen molar-refractivity contribution in [1.82, 2.24) is 19.7 Å². The summed E-state index contributed by atoms with van der Waals surface area (Å²) in [5.41, 5.74) is 5.88. The van der Waals surface area contributed by atoms with E-state index >= 15 is 0 Å². The van der Waals surface area contributed by atoms with Crippen LogP contribution in [0.4, 0.5) is 4.39 Å². The third kappa shape index (κ3) is 2.23.